The zero-order valence-corrected chi connectivity index (χ0v) is 14.1. The van der Waals surface area contributed by atoms with Gasteiger partial charge in [-0.25, -0.2) is 9.78 Å². The standard InChI is InChI=1S/C17H15N3O4S/c1-24-17(22)15(16-18-11-6-2-3-7-12(11)19-16)13(21)10-25-14-8-4-5-9-20(14)23/h2-9,21H,10H2,1H3,(H,18,19)/b15-13+. The van der Waals surface area contributed by atoms with E-state index in [0.29, 0.717) is 15.3 Å². The third-order valence-corrected chi connectivity index (χ3v) is 4.48. The van der Waals surface area contributed by atoms with Gasteiger partial charge in [-0.05, 0) is 30.0 Å². The molecule has 3 rings (SSSR count). The Morgan fingerprint density at radius 3 is 2.80 bits per heavy atom. The van der Waals surface area contributed by atoms with Crippen molar-refractivity contribution >= 4 is 34.3 Å². The Morgan fingerprint density at radius 1 is 1.32 bits per heavy atom. The van der Waals surface area contributed by atoms with Crippen molar-refractivity contribution in [2.45, 2.75) is 5.03 Å². The Labute approximate surface area is 147 Å². The van der Waals surface area contributed by atoms with Gasteiger partial charge in [0.1, 0.15) is 17.2 Å². The lowest BCUT2D eigenvalue weighted by Gasteiger charge is -2.07. The number of methoxy groups -OCH3 is 1. The number of aliphatic hydroxyl groups excluding tert-OH is 1. The lowest BCUT2D eigenvalue weighted by Crippen LogP contribution is -2.27. The number of esters is 1. The first-order chi connectivity index (χ1) is 12.1. The molecule has 7 nitrogen and oxygen atoms in total. The molecular formula is C17H15N3O4S. The van der Waals surface area contributed by atoms with E-state index in [-0.39, 0.29) is 22.9 Å². The molecule has 128 valence electrons. The summed E-state index contributed by atoms with van der Waals surface area (Å²) in [7, 11) is 1.23. The predicted octanol–water partition coefficient (Wildman–Crippen LogP) is 2.43. The van der Waals surface area contributed by atoms with Gasteiger partial charge in [-0.2, -0.15) is 4.73 Å². The highest BCUT2D eigenvalue weighted by Crippen LogP contribution is 2.24. The fraction of sp³-hybridized carbons (Fsp3) is 0.118. The minimum Gasteiger partial charge on any atom is -0.618 e. The van der Waals surface area contributed by atoms with Crippen LogP contribution in [0.5, 0.6) is 0 Å². The molecule has 25 heavy (non-hydrogen) atoms. The Hall–Kier alpha value is -3.00. The number of carbonyl (C=O) groups is 1. The number of rotatable bonds is 5. The second-order valence-electron chi connectivity index (χ2n) is 5.07. The largest absolute Gasteiger partial charge is 0.618 e. The SMILES string of the molecule is COC(=O)/C(=C(/O)CSc1cccc[n+]1[O-])c1nc2ccccc2[nH]1. The maximum atomic E-state index is 12.1. The van der Waals surface area contributed by atoms with Crippen molar-refractivity contribution in [1.29, 1.82) is 0 Å². The van der Waals surface area contributed by atoms with E-state index < -0.39 is 5.97 Å². The number of H-pyrrole nitrogens is 1. The van der Waals surface area contributed by atoms with Crippen LogP contribution in [-0.4, -0.2) is 33.9 Å². The normalized spacial score (nSPS) is 12.0. The van der Waals surface area contributed by atoms with E-state index in [2.05, 4.69) is 9.97 Å². The third kappa shape index (κ3) is 3.58. The number of thioether (sulfide) groups is 1. The van der Waals surface area contributed by atoms with E-state index in [1.165, 1.54) is 13.3 Å². The highest BCUT2D eigenvalue weighted by Gasteiger charge is 2.22. The van der Waals surface area contributed by atoms with Gasteiger partial charge >= 0.3 is 5.97 Å². The Balaban J connectivity index is 1.94. The molecule has 3 aromatic rings. The van der Waals surface area contributed by atoms with Gasteiger partial charge in [0.15, 0.2) is 6.20 Å². The van der Waals surface area contributed by atoms with Crippen LogP contribution >= 0.6 is 11.8 Å². The highest BCUT2D eigenvalue weighted by atomic mass is 32.2. The first kappa shape index (κ1) is 16.8. The number of ether oxygens (including phenoxy) is 1. The molecule has 0 unspecified atom stereocenters. The highest BCUT2D eigenvalue weighted by molar-refractivity contribution is 7.99. The van der Waals surface area contributed by atoms with Crippen molar-refractivity contribution in [1.82, 2.24) is 9.97 Å². The molecule has 8 heteroatoms. The van der Waals surface area contributed by atoms with E-state index in [0.717, 1.165) is 17.3 Å². The molecular weight excluding hydrogens is 342 g/mol. The zero-order chi connectivity index (χ0) is 17.8. The Kier molecular flexibility index (Phi) is 4.90. The van der Waals surface area contributed by atoms with Crippen molar-refractivity contribution in [3.05, 3.63) is 65.5 Å². The summed E-state index contributed by atoms with van der Waals surface area (Å²) in [4.78, 5) is 19.5. The quantitative estimate of drug-likeness (QED) is 0.182. The van der Waals surface area contributed by atoms with Gasteiger partial charge in [-0.1, -0.05) is 12.1 Å². The van der Waals surface area contributed by atoms with Crippen LogP contribution in [0, 0.1) is 5.21 Å². The zero-order valence-electron chi connectivity index (χ0n) is 13.3. The number of aromatic nitrogens is 3. The summed E-state index contributed by atoms with van der Waals surface area (Å²) >= 11 is 1.11. The number of nitrogens with zero attached hydrogens (tertiary/aromatic N) is 2. The topological polar surface area (TPSA) is 102 Å². The van der Waals surface area contributed by atoms with Gasteiger partial charge in [0.25, 0.3) is 5.03 Å². The number of hydrogen-bond acceptors (Lipinski definition) is 6. The Morgan fingerprint density at radius 2 is 2.08 bits per heavy atom. The van der Waals surface area contributed by atoms with Crippen LogP contribution in [0.1, 0.15) is 5.82 Å². The maximum Gasteiger partial charge on any atom is 0.345 e. The lowest BCUT2D eigenvalue weighted by atomic mass is 10.2. The summed E-state index contributed by atoms with van der Waals surface area (Å²) in [5, 5.41) is 22.5. The molecule has 0 aliphatic heterocycles. The molecule has 0 atom stereocenters. The molecule has 0 aliphatic carbocycles. The number of aromatic amines is 1. The molecule has 0 bridgehead atoms. The number of fused-ring (bicyclic) bond motifs is 1. The van der Waals surface area contributed by atoms with Crippen molar-refractivity contribution in [2.75, 3.05) is 12.9 Å². The molecule has 1 aromatic carbocycles. The Bertz CT molecular complexity index is 919. The summed E-state index contributed by atoms with van der Waals surface area (Å²) < 4.78 is 5.46. The minimum absolute atomic E-state index is 0.0216. The van der Waals surface area contributed by atoms with Crippen molar-refractivity contribution in [3.8, 4) is 0 Å². The lowest BCUT2D eigenvalue weighted by molar-refractivity contribution is -0.645. The molecule has 2 heterocycles. The van der Waals surface area contributed by atoms with Crippen LogP contribution in [0.4, 0.5) is 0 Å². The van der Waals surface area contributed by atoms with Crippen molar-refractivity contribution in [2.24, 2.45) is 0 Å². The van der Waals surface area contributed by atoms with E-state index >= 15 is 0 Å². The molecule has 0 saturated heterocycles. The number of imidazole rings is 1. The molecule has 0 fully saturated rings. The summed E-state index contributed by atoms with van der Waals surface area (Å²) in [6.07, 6.45) is 1.36. The average Bonchev–Trinajstić information content (AvgIpc) is 3.04. The number of aliphatic hydroxyl groups is 1. The van der Waals surface area contributed by atoms with E-state index in [1.54, 1.807) is 24.3 Å². The molecule has 0 spiro atoms. The second-order valence-corrected chi connectivity index (χ2v) is 6.06. The van der Waals surface area contributed by atoms with Gasteiger partial charge < -0.3 is 20.0 Å². The van der Waals surface area contributed by atoms with Gasteiger partial charge in [0.05, 0.1) is 23.9 Å². The first-order valence-electron chi connectivity index (χ1n) is 7.36. The van der Waals surface area contributed by atoms with E-state index in [4.69, 9.17) is 4.74 Å². The fourth-order valence-corrected chi connectivity index (χ4v) is 3.06. The van der Waals surface area contributed by atoms with E-state index in [9.17, 15) is 15.1 Å². The smallest absolute Gasteiger partial charge is 0.345 e. The van der Waals surface area contributed by atoms with Gasteiger partial charge in [-0.3, -0.25) is 0 Å². The summed E-state index contributed by atoms with van der Waals surface area (Å²) in [5.41, 5.74) is 1.35. The van der Waals surface area contributed by atoms with Gasteiger partial charge in [0, 0.05) is 12.1 Å². The molecule has 2 N–H and O–H groups in total. The van der Waals surface area contributed by atoms with Crippen LogP contribution in [0.3, 0.4) is 0 Å². The summed E-state index contributed by atoms with van der Waals surface area (Å²) in [5.74, 6) is -0.692. The first-order valence-corrected chi connectivity index (χ1v) is 8.35. The molecule has 0 saturated carbocycles. The fourth-order valence-electron chi connectivity index (χ4n) is 2.26. The molecule has 0 amide bonds. The number of carbonyl (C=O) groups excluding carboxylic acids is 1. The van der Waals surface area contributed by atoms with Crippen LogP contribution in [-0.2, 0) is 9.53 Å². The average molecular weight is 357 g/mol. The third-order valence-electron chi connectivity index (χ3n) is 3.45. The van der Waals surface area contributed by atoms with Gasteiger partial charge in [-0.15, -0.1) is 0 Å². The molecule has 0 aliphatic rings. The monoisotopic (exact) mass is 357 g/mol. The minimum atomic E-state index is -0.708. The number of para-hydroxylation sites is 2. The van der Waals surface area contributed by atoms with Crippen LogP contribution < -0.4 is 4.73 Å². The number of pyridine rings is 1. The second kappa shape index (κ2) is 7.27. The van der Waals surface area contributed by atoms with Crippen LogP contribution in [0.2, 0.25) is 0 Å². The number of benzene rings is 1. The summed E-state index contributed by atoms with van der Waals surface area (Å²) in [6.45, 7) is 0. The van der Waals surface area contributed by atoms with Gasteiger partial charge in [0.2, 0.25) is 0 Å². The van der Waals surface area contributed by atoms with Crippen LogP contribution in [0.25, 0.3) is 16.6 Å². The van der Waals surface area contributed by atoms with Crippen LogP contribution in [0.15, 0.2) is 59.4 Å². The molecule has 2 aromatic heterocycles. The maximum absolute atomic E-state index is 12.1. The van der Waals surface area contributed by atoms with Crippen molar-refractivity contribution < 1.29 is 19.4 Å². The van der Waals surface area contributed by atoms with E-state index in [1.807, 2.05) is 18.2 Å². The molecule has 0 radical (unpaired) electrons. The number of hydrogen-bond donors (Lipinski definition) is 2. The number of nitrogens with one attached hydrogen (secondary N) is 1. The summed E-state index contributed by atoms with van der Waals surface area (Å²) in [6, 6.07) is 12.2. The van der Waals surface area contributed by atoms with Crippen molar-refractivity contribution in [3.63, 3.8) is 0 Å². The predicted molar refractivity (Wildman–Crippen MR) is 93.8 cm³/mol.